The Morgan fingerprint density at radius 3 is 2.43 bits per heavy atom. The number of benzene rings is 2. The van der Waals surface area contributed by atoms with Gasteiger partial charge in [0.15, 0.2) is 18.1 Å². The van der Waals surface area contributed by atoms with Crippen molar-refractivity contribution in [2.75, 3.05) is 18.5 Å². The van der Waals surface area contributed by atoms with Crippen molar-refractivity contribution in [3.63, 3.8) is 0 Å². The van der Waals surface area contributed by atoms with E-state index in [2.05, 4.69) is 10.6 Å². The molecule has 7 nitrogen and oxygen atoms in total. The number of anilines is 1. The lowest BCUT2D eigenvalue weighted by Crippen LogP contribution is -2.33. The van der Waals surface area contributed by atoms with Crippen LogP contribution in [0, 0.1) is 6.92 Å². The van der Waals surface area contributed by atoms with E-state index >= 15 is 0 Å². The van der Waals surface area contributed by atoms with Crippen molar-refractivity contribution in [1.82, 2.24) is 5.32 Å². The molecular weight excluding hydrogens is 360 g/mol. The van der Waals surface area contributed by atoms with Crippen LogP contribution < -0.4 is 20.1 Å². The van der Waals surface area contributed by atoms with Gasteiger partial charge in [0.1, 0.15) is 6.04 Å². The summed E-state index contributed by atoms with van der Waals surface area (Å²) in [4.78, 5) is 23.0. The number of carboxylic acids is 1. The first kappa shape index (κ1) is 21.2. The van der Waals surface area contributed by atoms with Crippen LogP contribution >= 0.6 is 0 Å². The maximum atomic E-state index is 12.1. The lowest BCUT2D eigenvalue weighted by atomic mass is 10.2. The lowest BCUT2D eigenvalue weighted by Gasteiger charge is -2.14. The minimum absolute atomic E-state index is 0.151. The molecule has 0 radical (unpaired) electrons. The molecule has 0 bridgehead atoms. The third-order valence-electron chi connectivity index (χ3n) is 3.98. The largest absolute Gasteiger partial charge is 0.490 e. The molecule has 0 aromatic heterocycles. The molecule has 0 aliphatic heterocycles. The van der Waals surface area contributed by atoms with E-state index in [1.807, 2.05) is 38.1 Å². The summed E-state index contributed by atoms with van der Waals surface area (Å²) < 4.78 is 11.2. The molecule has 0 saturated carbocycles. The second-order valence-electron chi connectivity index (χ2n) is 6.36. The fourth-order valence-corrected chi connectivity index (χ4v) is 2.39. The molecule has 1 atom stereocenters. The molecule has 1 unspecified atom stereocenters. The summed E-state index contributed by atoms with van der Waals surface area (Å²) in [6, 6.07) is 12.1. The minimum Gasteiger partial charge on any atom is -0.490 e. The number of aliphatic carboxylic acids is 1. The topological polar surface area (TPSA) is 96.9 Å². The summed E-state index contributed by atoms with van der Waals surface area (Å²) in [6.07, 6.45) is 0. The second-order valence-corrected chi connectivity index (χ2v) is 6.36. The van der Waals surface area contributed by atoms with E-state index < -0.39 is 12.0 Å². The summed E-state index contributed by atoms with van der Waals surface area (Å²) in [5, 5.41) is 14.6. The van der Waals surface area contributed by atoms with Crippen LogP contribution in [0.3, 0.4) is 0 Å². The Hall–Kier alpha value is -3.06. The van der Waals surface area contributed by atoms with Gasteiger partial charge in [-0.25, -0.2) is 0 Å². The van der Waals surface area contributed by atoms with Crippen LogP contribution in [0.15, 0.2) is 42.5 Å². The summed E-state index contributed by atoms with van der Waals surface area (Å²) in [6.45, 7) is 6.07. The zero-order valence-electron chi connectivity index (χ0n) is 16.3. The number of hydrogen-bond acceptors (Lipinski definition) is 5. The second kappa shape index (κ2) is 10.3. The highest BCUT2D eigenvalue weighted by molar-refractivity contribution is 5.91. The fourth-order valence-electron chi connectivity index (χ4n) is 2.39. The van der Waals surface area contributed by atoms with Gasteiger partial charge in [-0.1, -0.05) is 23.8 Å². The summed E-state index contributed by atoms with van der Waals surface area (Å²) in [5.41, 5.74) is 2.68. The predicted molar refractivity (Wildman–Crippen MR) is 107 cm³/mol. The van der Waals surface area contributed by atoms with Crippen LogP contribution in [0.2, 0.25) is 0 Å². The first-order valence-corrected chi connectivity index (χ1v) is 9.10. The lowest BCUT2D eigenvalue weighted by molar-refractivity contribution is -0.139. The highest BCUT2D eigenvalue weighted by Crippen LogP contribution is 2.28. The van der Waals surface area contributed by atoms with Crippen molar-refractivity contribution in [3.8, 4) is 11.5 Å². The van der Waals surface area contributed by atoms with Crippen molar-refractivity contribution in [1.29, 1.82) is 0 Å². The van der Waals surface area contributed by atoms with Crippen LogP contribution in [-0.4, -0.2) is 36.2 Å². The number of rotatable bonds is 10. The van der Waals surface area contributed by atoms with Crippen molar-refractivity contribution in [2.45, 2.75) is 33.4 Å². The molecule has 2 rings (SSSR count). The number of amides is 1. The first-order chi connectivity index (χ1) is 13.4. The fraction of sp³-hybridized carbons (Fsp3) is 0.333. The molecule has 0 spiro atoms. The maximum Gasteiger partial charge on any atom is 0.320 e. The Morgan fingerprint density at radius 2 is 1.79 bits per heavy atom. The Balaban J connectivity index is 1.96. The molecule has 0 saturated heterocycles. The Kier molecular flexibility index (Phi) is 7.83. The summed E-state index contributed by atoms with van der Waals surface area (Å²) in [7, 11) is 0. The van der Waals surface area contributed by atoms with Gasteiger partial charge in [0.05, 0.1) is 6.61 Å². The third-order valence-corrected chi connectivity index (χ3v) is 3.98. The third kappa shape index (κ3) is 6.59. The average molecular weight is 386 g/mol. The molecule has 2 aromatic carbocycles. The molecule has 7 heteroatoms. The quantitative estimate of drug-likeness (QED) is 0.581. The van der Waals surface area contributed by atoms with Gasteiger partial charge >= 0.3 is 5.97 Å². The van der Waals surface area contributed by atoms with Crippen molar-refractivity contribution < 1.29 is 24.2 Å². The smallest absolute Gasteiger partial charge is 0.320 e. The monoisotopic (exact) mass is 386 g/mol. The maximum absolute atomic E-state index is 12.1. The van der Waals surface area contributed by atoms with Crippen LogP contribution in [0.25, 0.3) is 0 Å². The van der Waals surface area contributed by atoms with Gasteiger partial charge in [-0.3, -0.25) is 9.59 Å². The molecule has 0 heterocycles. The zero-order chi connectivity index (χ0) is 20.5. The number of ether oxygens (including phenoxy) is 2. The van der Waals surface area contributed by atoms with Gasteiger partial charge in [-0.15, -0.1) is 0 Å². The van der Waals surface area contributed by atoms with Crippen molar-refractivity contribution in [3.05, 3.63) is 53.6 Å². The molecular formula is C21H26N2O5. The Bertz CT molecular complexity index is 805. The van der Waals surface area contributed by atoms with E-state index in [9.17, 15) is 9.59 Å². The number of hydrogen-bond donors (Lipinski definition) is 3. The molecule has 150 valence electrons. The molecule has 1 amide bonds. The number of carbonyl (C=O) groups is 2. The normalized spacial score (nSPS) is 11.5. The minimum atomic E-state index is -0.912. The van der Waals surface area contributed by atoms with Crippen molar-refractivity contribution >= 4 is 17.6 Å². The molecule has 3 N–H and O–H groups in total. The molecule has 0 aliphatic carbocycles. The van der Waals surface area contributed by atoms with Crippen LogP contribution in [-0.2, 0) is 16.1 Å². The summed E-state index contributed by atoms with van der Waals surface area (Å²) in [5.74, 6) is -0.222. The van der Waals surface area contributed by atoms with Gasteiger partial charge in [-0.05, 0) is 50.6 Å². The first-order valence-electron chi connectivity index (χ1n) is 9.10. The molecule has 28 heavy (non-hydrogen) atoms. The SMILES string of the molecule is CCOc1cc(CNC(C)C(=O)O)ccc1OCC(=O)Nc1ccc(C)cc1. The van der Waals surface area contributed by atoms with E-state index in [-0.39, 0.29) is 12.5 Å². The van der Waals surface area contributed by atoms with Crippen molar-refractivity contribution in [2.24, 2.45) is 0 Å². The Labute approximate surface area is 164 Å². The van der Waals surface area contributed by atoms with E-state index in [1.54, 1.807) is 25.1 Å². The molecule has 0 fully saturated rings. The number of aryl methyl sites for hydroxylation is 1. The number of carboxylic acid groups (broad SMARTS) is 1. The highest BCUT2D eigenvalue weighted by Gasteiger charge is 2.12. The van der Waals surface area contributed by atoms with E-state index in [4.69, 9.17) is 14.6 Å². The standard InChI is InChI=1S/C21H26N2O5/c1-4-27-19-11-16(12-22-15(3)21(25)26)7-10-18(19)28-13-20(24)23-17-8-5-14(2)6-9-17/h5-11,15,22H,4,12-13H2,1-3H3,(H,23,24)(H,25,26). The van der Waals surface area contributed by atoms with Crippen LogP contribution in [0.5, 0.6) is 11.5 Å². The van der Waals surface area contributed by atoms with E-state index in [0.29, 0.717) is 30.3 Å². The Morgan fingerprint density at radius 1 is 1.07 bits per heavy atom. The van der Waals surface area contributed by atoms with Gasteiger partial charge in [0.2, 0.25) is 0 Å². The van der Waals surface area contributed by atoms with Gasteiger partial charge in [-0.2, -0.15) is 0 Å². The van der Waals surface area contributed by atoms with Crippen LogP contribution in [0.4, 0.5) is 5.69 Å². The number of carbonyl (C=O) groups excluding carboxylic acids is 1. The predicted octanol–water partition coefficient (Wildman–Crippen LogP) is 2.97. The van der Waals surface area contributed by atoms with Gasteiger partial charge in [0.25, 0.3) is 5.91 Å². The average Bonchev–Trinajstić information content (AvgIpc) is 2.67. The molecule has 0 aliphatic rings. The number of nitrogens with one attached hydrogen (secondary N) is 2. The highest BCUT2D eigenvalue weighted by atomic mass is 16.5. The van der Waals surface area contributed by atoms with Gasteiger partial charge < -0.3 is 25.2 Å². The van der Waals surface area contributed by atoms with E-state index in [0.717, 1.165) is 11.1 Å². The summed E-state index contributed by atoms with van der Waals surface area (Å²) >= 11 is 0. The zero-order valence-corrected chi connectivity index (χ0v) is 16.3. The van der Waals surface area contributed by atoms with E-state index in [1.165, 1.54) is 0 Å². The van der Waals surface area contributed by atoms with Crippen LogP contribution in [0.1, 0.15) is 25.0 Å². The molecule has 2 aromatic rings. The van der Waals surface area contributed by atoms with Gasteiger partial charge in [0, 0.05) is 12.2 Å².